The predicted octanol–water partition coefficient (Wildman–Crippen LogP) is 3.81. The number of halogens is 1. The molecule has 1 aliphatic heterocycles. The molecule has 1 atom stereocenters. The van der Waals surface area contributed by atoms with E-state index >= 15 is 0 Å². The van der Waals surface area contributed by atoms with Crippen molar-refractivity contribution >= 4 is 23.6 Å². The van der Waals surface area contributed by atoms with E-state index in [9.17, 15) is 9.59 Å². The fraction of sp³-hybridized carbons (Fsp3) is 0.522. The molecule has 8 nitrogen and oxygen atoms in total. The number of ether oxygens (including phenoxy) is 1. The lowest BCUT2D eigenvalue weighted by molar-refractivity contribution is 0.0219. The molecule has 1 fully saturated rings. The molecule has 0 saturated heterocycles. The molecule has 1 saturated carbocycles. The molecule has 2 heterocycles. The summed E-state index contributed by atoms with van der Waals surface area (Å²) in [4.78, 5) is 37.4. The normalized spacial score (nSPS) is 16.8. The van der Waals surface area contributed by atoms with Gasteiger partial charge in [0, 0.05) is 18.0 Å². The summed E-state index contributed by atoms with van der Waals surface area (Å²) >= 11 is 6.05. The smallest absolute Gasteiger partial charge is 0.410 e. The van der Waals surface area contributed by atoms with Gasteiger partial charge < -0.3 is 19.8 Å². The zero-order valence-electron chi connectivity index (χ0n) is 18.9. The largest absolute Gasteiger partial charge is 0.444 e. The number of carbonyl (C=O) groups is 1. The summed E-state index contributed by atoms with van der Waals surface area (Å²) in [7, 11) is 1.43. The van der Waals surface area contributed by atoms with Crippen molar-refractivity contribution in [1.82, 2.24) is 14.6 Å². The van der Waals surface area contributed by atoms with E-state index in [0.717, 1.165) is 18.4 Å². The van der Waals surface area contributed by atoms with E-state index in [4.69, 9.17) is 26.2 Å². The zero-order valence-corrected chi connectivity index (χ0v) is 19.6. The summed E-state index contributed by atoms with van der Waals surface area (Å²) in [5.74, 6) is 0.825. The molecule has 4 rings (SSSR count). The molecule has 1 aliphatic carbocycles. The van der Waals surface area contributed by atoms with Gasteiger partial charge in [-0.1, -0.05) is 23.7 Å². The third-order valence-electron chi connectivity index (χ3n) is 5.63. The van der Waals surface area contributed by atoms with E-state index in [0.29, 0.717) is 41.1 Å². The minimum atomic E-state index is -0.602. The van der Waals surface area contributed by atoms with Crippen LogP contribution in [0.25, 0.3) is 0 Å². The number of aromatic nitrogens is 2. The van der Waals surface area contributed by atoms with Gasteiger partial charge in [0.25, 0.3) is 5.56 Å². The summed E-state index contributed by atoms with van der Waals surface area (Å²) in [6.07, 6.45) is 2.24. The van der Waals surface area contributed by atoms with E-state index in [1.54, 1.807) is 0 Å². The fourth-order valence-corrected chi connectivity index (χ4v) is 4.04. The lowest BCUT2D eigenvalue weighted by Crippen LogP contribution is -2.44. The minimum Gasteiger partial charge on any atom is -0.444 e. The number of rotatable bonds is 5. The molecular weight excluding hydrogens is 432 g/mol. The Morgan fingerprint density at radius 3 is 2.53 bits per heavy atom. The molecule has 32 heavy (non-hydrogen) atoms. The van der Waals surface area contributed by atoms with Crippen molar-refractivity contribution in [2.75, 3.05) is 19.0 Å². The van der Waals surface area contributed by atoms with E-state index in [1.807, 2.05) is 45.0 Å². The Morgan fingerprint density at radius 2 is 1.94 bits per heavy atom. The third kappa shape index (κ3) is 4.85. The minimum absolute atomic E-state index is 0.000434. The number of fused-ring (bicyclic) bond motifs is 1. The topological polar surface area (TPSA) is 85.7 Å². The average molecular weight is 461 g/mol. The summed E-state index contributed by atoms with van der Waals surface area (Å²) in [6.45, 7) is 6.03. The highest BCUT2D eigenvalue weighted by Crippen LogP contribution is 2.42. The fourth-order valence-electron chi connectivity index (χ4n) is 3.91. The van der Waals surface area contributed by atoms with Crippen LogP contribution in [0.15, 0.2) is 29.1 Å². The van der Waals surface area contributed by atoms with Gasteiger partial charge in [0.05, 0.1) is 23.8 Å². The van der Waals surface area contributed by atoms with Crippen LogP contribution in [0.3, 0.4) is 0 Å². The van der Waals surface area contributed by atoms with E-state index in [1.165, 1.54) is 16.7 Å². The zero-order chi connectivity index (χ0) is 23.0. The maximum Gasteiger partial charge on any atom is 0.410 e. The number of hydrogen-bond acceptors (Lipinski definition) is 6. The van der Waals surface area contributed by atoms with Gasteiger partial charge in [-0.15, -0.1) is 4.73 Å². The first kappa shape index (κ1) is 22.5. The number of nitrogens with zero attached hydrogens (tertiary/aromatic N) is 3. The number of anilines is 1. The molecule has 1 unspecified atom stereocenters. The van der Waals surface area contributed by atoms with Crippen molar-refractivity contribution in [2.45, 2.75) is 58.2 Å². The molecule has 2 aromatic rings. The second kappa shape index (κ2) is 8.65. The average Bonchev–Trinajstić information content (AvgIpc) is 3.57. The molecule has 1 amide bonds. The van der Waals surface area contributed by atoms with E-state index in [2.05, 4.69) is 5.32 Å². The summed E-state index contributed by atoms with van der Waals surface area (Å²) in [5, 5.41) is 4.11. The predicted molar refractivity (Wildman–Crippen MR) is 122 cm³/mol. The summed E-state index contributed by atoms with van der Waals surface area (Å²) < 4.78 is 6.63. The first-order valence-corrected chi connectivity index (χ1v) is 11.2. The lowest BCUT2D eigenvalue weighted by atomic mass is 10.0. The van der Waals surface area contributed by atoms with Crippen LogP contribution in [0.4, 0.5) is 10.7 Å². The Morgan fingerprint density at radius 1 is 1.25 bits per heavy atom. The van der Waals surface area contributed by atoms with Crippen LogP contribution in [0, 0.1) is 5.92 Å². The highest BCUT2D eigenvalue weighted by molar-refractivity contribution is 6.30. The van der Waals surface area contributed by atoms with Crippen molar-refractivity contribution in [3.63, 3.8) is 0 Å². The van der Waals surface area contributed by atoms with Gasteiger partial charge in [-0.2, -0.15) is 0 Å². The highest BCUT2D eigenvalue weighted by Gasteiger charge is 2.35. The Labute approximate surface area is 192 Å². The lowest BCUT2D eigenvalue weighted by Gasteiger charge is -2.31. The van der Waals surface area contributed by atoms with Gasteiger partial charge >= 0.3 is 6.09 Å². The monoisotopic (exact) mass is 460 g/mol. The molecular formula is C23H29ClN4O4. The van der Waals surface area contributed by atoms with Gasteiger partial charge in [-0.05, 0) is 57.2 Å². The Hall–Kier alpha value is -2.74. The van der Waals surface area contributed by atoms with Crippen LogP contribution in [-0.4, -0.2) is 40.0 Å². The molecule has 0 spiro atoms. The number of benzene rings is 1. The van der Waals surface area contributed by atoms with Gasteiger partial charge in [0.1, 0.15) is 12.7 Å². The second-order valence-corrected chi connectivity index (χ2v) is 9.74. The number of carbonyl (C=O) groups excluding carboxylic acids is 1. The first-order valence-electron chi connectivity index (χ1n) is 10.9. The molecule has 172 valence electrons. The molecule has 1 aromatic carbocycles. The molecule has 9 heteroatoms. The standard InChI is InChI=1S/C23H29ClN4O4/c1-23(2,3)32-22(30)27-12-11-18-17(13-27)20(29)28(31-4)21(25-18)26-19(14-5-6-14)15-7-9-16(24)10-8-15/h7-10,14,19H,5-6,11-13H2,1-4H3,(H,25,26). The van der Waals surface area contributed by atoms with Crippen molar-refractivity contribution in [3.05, 3.63) is 56.5 Å². The van der Waals surface area contributed by atoms with Crippen molar-refractivity contribution in [2.24, 2.45) is 5.92 Å². The molecule has 1 N–H and O–H groups in total. The molecule has 1 aromatic heterocycles. The third-order valence-corrected chi connectivity index (χ3v) is 5.89. The van der Waals surface area contributed by atoms with Crippen LogP contribution in [0.2, 0.25) is 5.02 Å². The summed E-state index contributed by atoms with van der Waals surface area (Å²) in [6, 6.07) is 7.71. The van der Waals surface area contributed by atoms with E-state index < -0.39 is 11.7 Å². The van der Waals surface area contributed by atoms with Crippen molar-refractivity contribution in [3.8, 4) is 0 Å². The second-order valence-electron chi connectivity index (χ2n) is 9.31. The summed E-state index contributed by atoms with van der Waals surface area (Å²) in [5.41, 5.74) is 1.29. The van der Waals surface area contributed by atoms with Gasteiger partial charge in [0.15, 0.2) is 0 Å². The molecule has 0 bridgehead atoms. The van der Waals surface area contributed by atoms with Gasteiger partial charge in [-0.25, -0.2) is 9.78 Å². The first-order chi connectivity index (χ1) is 15.2. The number of hydrogen-bond donors (Lipinski definition) is 1. The SMILES string of the molecule is COn1c(NC(c2ccc(Cl)cc2)C2CC2)nc2c(c1=O)CN(C(=O)OC(C)(C)C)CC2. The van der Waals surface area contributed by atoms with E-state index in [-0.39, 0.29) is 18.1 Å². The van der Waals surface area contributed by atoms with Gasteiger partial charge in [0.2, 0.25) is 5.95 Å². The van der Waals surface area contributed by atoms with Crippen LogP contribution in [0.1, 0.15) is 56.5 Å². The number of amides is 1. The van der Waals surface area contributed by atoms with Crippen LogP contribution in [0.5, 0.6) is 0 Å². The Bertz CT molecular complexity index is 1060. The van der Waals surface area contributed by atoms with Crippen LogP contribution >= 0.6 is 11.6 Å². The maximum atomic E-state index is 13.2. The Balaban J connectivity index is 1.62. The van der Waals surface area contributed by atoms with Gasteiger partial charge in [-0.3, -0.25) is 4.79 Å². The van der Waals surface area contributed by atoms with Crippen LogP contribution < -0.4 is 15.7 Å². The van der Waals surface area contributed by atoms with Crippen molar-refractivity contribution < 1.29 is 14.4 Å². The highest BCUT2D eigenvalue weighted by atomic mass is 35.5. The Kier molecular flexibility index (Phi) is 6.07. The molecule has 0 radical (unpaired) electrons. The quantitative estimate of drug-likeness (QED) is 0.730. The van der Waals surface area contributed by atoms with Crippen molar-refractivity contribution in [1.29, 1.82) is 0 Å². The van der Waals surface area contributed by atoms with Crippen LogP contribution in [-0.2, 0) is 17.7 Å². The number of nitrogens with one attached hydrogen (secondary N) is 1. The maximum absolute atomic E-state index is 13.2. The molecule has 2 aliphatic rings.